The highest BCUT2D eigenvalue weighted by Crippen LogP contribution is 2.37. The SMILES string of the molecule is [CH2]CCC(Cl)C1CC1. The van der Waals surface area contributed by atoms with E-state index in [1.54, 1.807) is 0 Å². The fourth-order valence-electron chi connectivity index (χ4n) is 0.889. The summed E-state index contributed by atoms with van der Waals surface area (Å²) >= 11 is 5.94. The van der Waals surface area contributed by atoms with E-state index >= 15 is 0 Å². The Morgan fingerprint density at radius 1 is 1.62 bits per heavy atom. The van der Waals surface area contributed by atoms with Gasteiger partial charge in [0.2, 0.25) is 0 Å². The van der Waals surface area contributed by atoms with Crippen LogP contribution >= 0.6 is 11.6 Å². The van der Waals surface area contributed by atoms with Gasteiger partial charge in [0.1, 0.15) is 0 Å². The van der Waals surface area contributed by atoms with Gasteiger partial charge in [-0.3, -0.25) is 0 Å². The van der Waals surface area contributed by atoms with Crippen LogP contribution in [0.5, 0.6) is 0 Å². The molecule has 1 saturated carbocycles. The molecule has 0 heterocycles. The Bertz CT molecular complexity index is 66.8. The molecule has 0 N–H and O–H groups in total. The highest BCUT2D eigenvalue weighted by molar-refractivity contribution is 6.20. The maximum absolute atomic E-state index is 5.94. The second-order valence-corrected chi connectivity index (χ2v) is 3.06. The van der Waals surface area contributed by atoms with Gasteiger partial charge in [0.25, 0.3) is 0 Å². The average molecular weight is 132 g/mol. The van der Waals surface area contributed by atoms with Crippen molar-refractivity contribution in [2.24, 2.45) is 5.92 Å². The number of alkyl halides is 1. The Morgan fingerprint density at radius 3 is 2.62 bits per heavy atom. The summed E-state index contributed by atoms with van der Waals surface area (Å²) in [6.45, 7) is 3.75. The molecule has 0 nitrogen and oxygen atoms in total. The lowest BCUT2D eigenvalue weighted by Gasteiger charge is -2.02. The first kappa shape index (κ1) is 6.41. The highest BCUT2D eigenvalue weighted by Gasteiger charge is 2.28. The van der Waals surface area contributed by atoms with Crippen LogP contribution in [0.15, 0.2) is 0 Å². The number of rotatable bonds is 3. The minimum absolute atomic E-state index is 0.438. The maximum Gasteiger partial charge on any atom is 0.0364 e. The van der Waals surface area contributed by atoms with E-state index in [4.69, 9.17) is 11.6 Å². The normalized spacial score (nSPS) is 23.2. The second kappa shape index (κ2) is 2.72. The fourth-order valence-corrected chi connectivity index (χ4v) is 1.29. The number of hydrogen-bond acceptors (Lipinski definition) is 0. The molecule has 1 fully saturated rings. The van der Waals surface area contributed by atoms with Gasteiger partial charge in [-0.25, -0.2) is 0 Å². The first-order valence-corrected chi connectivity index (χ1v) is 3.71. The first-order chi connectivity index (χ1) is 3.84. The summed E-state index contributed by atoms with van der Waals surface area (Å²) in [6.07, 6.45) is 4.80. The molecule has 0 bridgehead atoms. The molecular weight excluding hydrogens is 120 g/mol. The highest BCUT2D eigenvalue weighted by atomic mass is 35.5. The van der Waals surface area contributed by atoms with Crippen molar-refractivity contribution in [1.82, 2.24) is 0 Å². The maximum atomic E-state index is 5.94. The molecule has 0 amide bonds. The van der Waals surface area contributed by atoms with Crippen LogP contribution in [-0.4, -0.2) is 5.38 Å². The van der Waals surface area contributed by atoms with Crippen LogP contribution in [0.1, 0.15) is 25.7 Å². The Hall–Kier alpha value is 0.290. The molecule has 1 radical (unpaired) electrons. The molecular formula is C7H12Cl. The molecule has 1 aliphatic carbocycles. The van der Waals surface area contributed by atoms with Crippen molar-refractivity contribution in [2.75, 3.05) is 0 Å². The van der Waals surface area contributed by atoms with Gasteiger partial charge in [0.05, 0.1) is 0 Å². The summed E-state index contributed by atoms with van der Waals surface area (Å²) in [5.41, 5.74) is 0. The third kappa shape index (κ3) is 1.66. The van der Waals surface area contributed by atoms with Gasteiger partial charge in [-0.1, -0.05) is 13.3 Å². The van der Waals surface area contributed by atoms with Crippen LogP contribution in [0, 0.1) is 12.8 Å². The van der Waals surface area contributed by atoms with Crippen molar-refractivity contribution in [3.05, 3.63) is 6.92 Å². The van der Waals surface area contributed by atoms with Crippen molar-refractivity contribution >= 4 is 11.6 Å². The molecule has 1 heteroatoms. The Morgan fingerprint density at radius 2 is 2.25 bits per heavy atom. The van der Waals surface area contributed by atoms with Crippen LogP contribution < -0.4 is 0 Å². The quantitative estimate of drug-likeness (QED) is 0.517. The summed E-state index contributed by atoms with van der Waals surface area (Å²) in [7, 11) is 0. The molecule has 0 saturated heterocycles. The van der Waals surface area contributed by atoms with E-state index in [1.807, 2.05) is 0 Å². The van der Waals surface area contributed by atoms with Gasteiger partial charge in [-0.15, -0.1) is 11.6 Å². The molecule has 8 heavy (non-hydrogen) atoms. The molecule has 0 aromatic rings. The van der Waals surface area contributed by atoms with E-state index in [0.717, 1.165) is 18.8 Å². The molecule has 0 aliphatic heterocycles. The van der Waals surface area contributed by atoms with E-state index < -0.39 is 0 Å². The van der Waals surface area contributed by atoms with Crippen LogP contribution in [-0.2, 0) is 0 Å². The lowest BCUT2D eigenvalue weighted by Crippen LogP contribution is -1.98. The van der Waals surface area contributed by atoms with Crippen molar-refractivity contribution in [1.29, 1.82) is 0 Å². The zero-order valence-corrected chi connectivity index (χ0v) is 5.82. The van der Waals surface area contributed by atoms with Gasteiger partial charge in [0, 0.05) is 5.38 Å². The predicted octanol–water partition coefficient (Wildman–Crippen LogP) is 2.62. The van der Waals surface area contributed by atoms with E-state index in [1.165, 1.54) is 12.8 Å². The third-order valence-electron chi connectivity index (χ3n) is 1.61. The Balaban J connectivity index is 2.03. The van der Waals surface area contributed by atoms with Gasteiger partial charge in [-0.05, 0) is 25.2 Å². The van der Waals surface area contributed by atoms with E-state index in [0.29, 0.717) is 5.38 Å². The van der Waals surface area contributed by atoms with E-state index in [2.05, 4.69) is 6.92 Å². The molecule has 1 rings (SSSR count). The van der Waals surface area contributed by atoms with E-state index in [-0.39, 0.29) is 0 Å². The third-order valence-corrected chi connectivity index (χ3v) is 2.19. The summed E-state index contributed by atoms with van der Waals surface area (Å²) in [5, 5.41) is 0.438. The van der Waals surface area contributed by atoms with Gasteiger partial charge in [-0.2, -0.15) is 0 Å². The monoisotopic (exact) mass is 131 g/mol. The fraction of sp³-hybridized carbons (Fsp3) is 0.857. The Kier molecular flexibility index (Phi) is 2.18. The van der Waals surface area contributed by atoms with Gasteiger partial charge < -0.3 is 0 Å². The van der Waals surface area contributed by atoms with Crippen molar-refractivity contribution in [2.45, 2.75) is 31.1 Å². The zero-order chi connectivity index (χ0) is 5.98. The summed E-state index contributed by atoms with van der Waals surface area (Å²) in [4.78, 5) is 0. The molecule has 0 spiro atoms. The standard InChI is InChI=1S/C7H12Cl/c1-2-3-7(8)6-4-5-6/h6-7H,1-5H2. The first-order valence-electron chi connectivity index (χ1n) is 3.28. The topological polar surface area (TPSA) is 0 Å². The molecule has 0 aromatic heterocycles. The van der Waals surface area contributed by atoms with Crippen LogP contribution in [0.4, 0.5) is 0 Å². The summed E-state index contributed by atoms with van der Waals surface area (Å²) in [6, 6.07) is 0. The van der Waals surface area contributed by atoms with Gasteiger partial charge >= 0.3 is 0 Å². The molecule has 1 unspecified atom stereocenters. The molecule has 47 valence electrons. The summed E-state index contributed by atoms with van der Waals surface area (Å²) < 4.78 is 0. The Labute approximate surface area is 56.2 Å². The minimum atomic E-state index is 0.438. The zero-order valence-electron chi connectivity index (χ0n) is 5.07. The van der Waals surface area contributed by atoms with E-state index in [9.17, 15) is 0 Å². The molecule has 1 atom stereocenters. The average Bonchev–Trinajstić information content (AvgIpc) is 2.45. The largest absolute Gasteiger partial charge is 0.123 e. The lowest BCUT2D eigenvalue weighted by atomic mass is 10.2. The number of halogens is 1. The minimum Gasteiger partial charge on any atom is -0.123 e. The molecule has 1 aliphatic rings. The lowest BCUT2D eigenvalue weighted by molar-refractivity contribution is 0.684. The summed E-state index contributed by atoms with van der Waals surface area (Å²) in [5.74, 6) is 0.846. The second-order valence-electron chi connectivity index (χ2n) is 2.50. The van der Waals surface area contributed by atoms with Crippen LogP contribution in [0.25, 0.3) is 0 Å². The molecule has 0 aromatic carbocycles. The van der Waals surface area contributed by atoms with Crippen molar-refractivity contribution < 1.29 is 0 Å². The van der Waals surface area contributed by atoms with Crippen LogP contribution in [0.3, 0.4) is 0 Å². The van der Waals surface area contributed by atoms with Gasteiger partial charge in [0.15, 0.2) is 0 Å². The van der Waals surface area contributed by atoms with Crippen molar-refractivity contribution in [3.63, 3.8) is 0 Å². The number of hydrogen-bond donors (Lipinski definition) is 0. The smallest absolute Gasteiger partial charge is 0.0364 e. The van der Waals surface area contributed by atoms with Crippen molar-refractivity contribution in [3.8, 4) is 0 Å². The van der Waals surface area contributed by atoms with Crippen LogP contribution in [0.2, 0.25) is 0 Å². The predicted molar refractivity (Wildman–Crippen MR) is 37.0 cm³/mol.